The van der Waals surface area contributed by atoms with Gasteiger partial charge in [-0.05, 0) is 70.1 Å². The number of carbonyl (C=O) groups excluding carboxylic acids is 1. The Kier molecular flexibility index (Phi) is 7.48. The van der Waals surface area contributed by atoms with E-state index >= 15 is 0 Å². The number of nitrogens with zero attached hydrogens (tertiary/aromatic N) is 3. The molecular formula is C25H18F4IN5O. The molecule has 4 aromatic rings. The summed E-state index contributed by atoms with van der Waals surface area (Å²) in [4.78, 5) is 25.3. The molecule has 11 heteroatoms. The summed E-state index contributed by atoms with van der Waals surface area (Å²) in [7, 11) is 0. The van der Waals surface area contributed by atoms with Crippen molar-refractivity contribution in [3.05, 3.63) is 117 Å². The molecule has 0 unspecified atom stereocenters. The minimum Gasteiger partial charge on any atom is -0.322 e. The van der Waals surface area contributed by atoms with Crippen LogP contribution >= 0.6 is 22.6 Å². The fraction of sp³-hybridized carbons (Fsp3) is 0.120. The van der Waals surface area contributed by atoms with Crippen LogP contribution in [0.15, 0.2) is 85.5 Å². The van der Waals surface area contributed by atoms with Gasteiger partial charge in [0.15, 0.2) is 0 Å². The van der Waals surface area contributed by atoms with Gasteiger partial charge < -0.3 is 5.32 Å². The Bertz CT molecular complexity index is 1340. The lowest BCUT2D eigenvalue weighted by Gasteiger charge is -2.35. The predicted octanol–water partition coefficient (Wildman–Crippen LogP) is 5.94. The van der Waals surface area contributed by atoms with Crippen molar-refractivity contribution in [1.82, 2.24) is 20.3 Å². The highest BCUT2D eigenvalue weighted by molar-refractivity contribution is 14.1. The van der Waals surface area contributed by atoms with Gasteiger partial charge in [0.05, 0.1) is 11.3 Å². The molecule has 0 spiro atoms. The van der Waals surface area contributed by atoms with E-state index in [1.54, 1.807) is 42.5 Å². The van der Waals surface area contributed by atoms with Crippen LogP contribution in [0.2, 0.25) is 0 Å². The third-order valence-corrected chi connectivity index (χ3v) is 5.98. The molecule has 2 heterocycles. The summed E-state index contributed by atoms with van der Waals surface area (Å²) in [5.41, 5.74) is -2.07. The van der Waals surface area contributed by atoms with Gasteiger partial charge in [0.2, 0.25) is 0 Å². The molecule has 184 valence electrons. The van der Waals surface area contributed by atoms with Gasteiger partial charge in [-0.2, -0.15) is 13.2 Å². The van der Waals surface area contributed by atoms with Crippen molar-refractivity contribution in [3.8, 4) is 0 Å². The second kappa shape index (κ2) is 10.6. The minimum absolute atomic E-state index is 0.0145. The summed E-state index contributed by atoms with van der Waals surface area (Å²) in [6, 6.07) is 15.0. The Morgan fingerprint density at radius 2 is 1.69 bits per heavy atom. The number of amides is 2. The van der Waals surface area contributed by atoms with Crippen LogP contribution in [0.25, 0.3) is 0 Å². The number of carbonyl (C=O) groups is 1. The Balaban J connectivity index is 1.91. The fourth-order valence-electron chi connectivity index (χ4n) is 3.76. The maximum atomic E-state index is 14.6. The summed E-state index contributed by atoms with van der Waals surface area (Å²) in [5, 5.41) is 5.32. The van der Waals surface area contributed by atoms with Crippen LogP contribution in [0.4, 0.5) is 28.2 Å². The molecule has 4 rings (SSSR count). The van der Waals surface area contributed by atoms with Gasteiger partial charge in [-0.3, -0.25) is 10.3 Å². The summed E-state index contributed by atoms with van der Waals surface area (Å²) in [6.45, 7) is 0. The molecule has 1 atom stereocenters. The van der Waals surface area contributed by atoms with Gasteiger partial charge in [0, 0.05) is 22.4 Å². The number of pyridine rings is 1. The third kappa shape index (κ3) is 5.96. The number of hydrogen-bond acceptors (Lipinski definition) is 4. The average molecular weight is 607 g/mol. The number of rotatable bonds is 6. The number of alkyl halides is 3. The number of halogens is 5. The number of benzene rings is 2. The quantitative estimate of drug-likeness (QED) is 0.210. The van der Waals surface area contributed by atoms with Crippen molar-refractivity contribution in [1.29, 1.82) is 0 Å². The van der Waals surface area contributed by atoms with Crippen molar-refractivity contribution in [2.75, 3.05) is 5.32 Å². The second-order valence-electron chi connectivity index (χ2n) is 7.83. The zero-order chi connectivity index (χ0) is 25.8. The number of hydrogen-bond donors (Lipinski definition) is 2. The third-order valence-electron chi connectivity index (χ3n) is 5.35. The first kappa shape index (κ1) is 25.5. The number of urea groups is 1. The second-order valence-corrected chi connectivity index (χ2v) is 9.08. The Morgan fingerprint density at radius 1 is 0.944 bits per heavy atom. The molecule has 36 heavy (non-hydrogen) atoms. The van der Waals surface area contributed by atoms with Crippen LogP contribution in [0.5, 0.6) is 0 Å². The maximum Gasteiger partial charge on any atom is 0.416 e. The zero-order valence-corrected chi connectivity index (χ0v) is 20.6. The lowest BCUT2D eigenvalue weighted by molar-refractivity contribution is -0.137. The first-order valence-corrected chi connectivity index (χ1v) is 11.6. The number of anilines is 1. The topological polar surface area (TPSA) is 79.8 Å². The molecular weight excluding hydrogens is 589 g/mol. The minimum atomic E-state index is -4.81. The molecule has 2 aromatic heterocycles. The van der Waals surface area contributed by atoms with E-state index in [-0.39, 0.29) is 23.5 Å². The van der Waals surface area contributed by atoms with Crippen LogP contribution < -0.4 is 10.6 Å². The molecule has 0 saturated carbocycles. The highest BCUT2D eigenvalue weighted by atomic mass is 127. The molecule has 2 amide bonds. The van der Waals surface area contributed by atoms with Crippen molar-refractivity contribution < 1.29 is 22.4 Å². The van der Waals surface area contributed by atoms with Crippen LogP contribution in [0.3, 0.4) is 0 Å². The van der Waals surface area contributed by atoms with E-state index in [9.17, 15) is 22.4 Å². The Hall–Kier alpha value is -3.61. The zero-order valence-electron chi connectivity index (χ0n) is 18.4. The normalized spacial score (nSPS) is 13.0. The Labute approximate surface area is 217 Å². The van der Waals surface area contributed by atoms with E-state index in [4.69, 9.17) is 0 Å². The molecule has 6 nitrogen and oxygen atoms in total. The van der Waals surface area contributed by atoms with Crippen LogP contribution in [-0.4, -0.2) is 21.0 Å². The van der Waals surface area contributed by atoms with Gasteiger partial charge in [-0.1, -0.05) is 30.3 Å². The lowest BCUT2D eigenvalue weighted by Crippen LogP contribution is -2.51. The summed E-state index contributed by atoms with van der Waals surface area (Å²) >= 11 is 2.04. The molecule has 2 N–H and O–H groups in total. The average Bonchev–Trinajstić information content (AvgIpc) is 2.84. The largest absolute Gasteiger partial charge is 0.416 e. The summed E-state index contributed by atoms with van der Waals surface area (Å²) in [5.74, 6) is -0.928. The Morgan fingerprint density at radius 3 is 2.33 bits per heavy atom. The van der Waals surface area contributed by atoms with E-state index in [1.807, 2.05) is 22.6 Å². The van der Waals surface area contributed by atoms with E-state index in [2.05, 4.69) is 25.6 Å². The first-order valence-electron chi connectivity index (χ1n) is 10.6. The van der Waals surface area contributed by atoms with Crippen LogP contribution in [-0.2, 0) is 18.1 Å². The molecule has 0 bridgehead atoms. The van der Waals surface area contributed by atoms with Gasteiger partial charge in [-0.15, -0.1) is 0 Å². The smallest absolute Gasteiger partial charge is 0.322 e. The predicted molar refractivity (Wildman–Crippen MR) is 133 cm³/mol. The van der Waals surface area contributed by atoms with Crippen molar-refractivity contribution in [2.45, 2.75) is 18.1 Å². The summed E-state index contributed by atoms with van der Waals surface area (Å²) < 4.78 is 56.4. The van der Waals surface area contributed by atoms with E-state index in [0.29, 0.717) is 11.6 Å². The molecule has 0 aliphatic rings. The van der Waals surface area contributed by atoms with Crippen LogP contribution in [0, 0.1) is 9.39 Å². The van der Waals surface area contributed by atoms with E-state index in [1.165, 1.54) is 24.8 Å². The maximum absolute atomic E-state index is 14.6. The molecule has 0 radical (unpaired) electrons. The fourth-order valence-corrected chi connectivity index (χ4v) is 4.08. The molecule has 0 fully saturated rings. The lowest BCUT2D eigenvalue weighted by atomic mass is 9.80. The molecule has 0 saturated heterocycles. The van der Waals surface area contributed by atoms with Crippen molar-refractivity contribution in [3.63, 3.8) is 0 Å². The first-order chi connectivity index (χ1) is 17.2. The standard InChI is InChI=1S/C25H18F4IN5O/c26-19-11-17(10-18(12-19)25(27,28)29)24(13-16-4-2-1-3-5-16,21-7-6-20(30)14-32-21)35-23(36)34-22-8-9-31-15-33-22/h1-12,14-15H,13H2,(H2,31,33,34,35,36)/t24-/m1/s1. The van der Waals surface area contributed by atoms with Crippen molar-refractivity contribution >= 4 is 34.4 Å². The van der Waals surface area contributed by atoms with Crippen LogP contribution in [0.1, 0.15) is 22.4 Å². The molecule has 0 aliphatic heterocycles. The molecule has 2 aromatic carbocycles. The number of nitrogens with one attached hydrogen (secondary N) is 2. The SMILES string of the molecule is O=C(Nc1ccncn1)N[C@](Cc1ccccc1)(c1cc(F)cc(C(F)(F)F)c1)c1ccc(I)cn1. The van der Waals surface area contributed by atoms with E-state index in [0.717, 1.165) is 15.7 Å². The van der Waals surface area contributed by atoms with E-state index < -0.39 is 29.1 Å². The van der Waals surface area contributed by atoms with Gasteiger partial charge in [0.1, 0.15) is 23.5 Å². The monoisotopic (exact) mass is 607 g/mol. The van der Waals surface area contributed by atoms with Gasteiger partial charge >= 0.3 is 12.2 Å². The summed E-state index contributed by atoms with van der Waals surface area (Å²) in [6.07, 6.45) is -0.653. The van der Waals surface area contributed by atoms with Gasteiger partial charge in [-0.25, -0.2) is 19.2 Å². The highest BCUT2D eigenvalue weighted by Gasteiger charge is 2.41. The molecule has 0 aliphatic carbocycles. The number of aromatic nitrogens is 3. The highest BCUT2D eigenvalue weighted by Crippen LogP contribution is 2.37. The van der Waals surface area contributed by atoms with Crippen molar-refractivity contribution in [2.24, 2.45) is 0 Å². The van der Waals surface area contributed by atoms with Gasteiger partial charge in [0.25, 0.3) is 0 Å².